The number of halogens is 1. The number of benzene rings is 3. The van der Waals surface area contributed by atoms with Crippen LogP contribution < -0.4 is 4.74 Å². The van der Waals surface area contributed by atoms with Gasteiger partial charge in [0.25, 0.3) is 0 Å². The molecule has 0 amide bonds. The Morgan fingerprint density at radius 1 is 0.903 bits per heavy atom. The van der Waals surface area contributed by atoms with Crippen molar-refractivity contribution in [3.05, 3.63) is 95.8 Å². The second-order valence-corrected chi connectivity index (χ2v) is 7.36. The smallest absolute Gasteiger partial charge is 0.167 e. The SMILES string of the molecule is Fc1cc(N=NC(c2ccccc2)c2ccccc2)ccc1OCCN1CCOCC1. The van der Waals surface area contributed by atoms with Gasteiger partial charge in [0.1, 0.15) is 12.6 Å². The number of morpholine rings is 1. The summed E-state index contributed by atoms with van der Waals surface area (Å²) in [6.07, 6.45) is 0. The van der Waals surface area contributed by atoms with Crippen molar-refractivity contribution in [2.75, 3.05) is 39.5 Å². The summed E-state index contributed by atoms with van der Waals surface area (Å²) in [6, 6.07) is 24.4. The van der Waals surface area contributed by atoms with E-state index >= 15 is 0 Å². The lowest BCUT2D eigenvalue weighted by molar-refractivity contribution is 0.0320. The Morgan fingerprint density at radius 3 is 2.16 bits per heavy atom. The zero-order valence-corrected chi connectivity index (χ0v) is 17.4. The predicted molar refractivity (Wildman–Crippen MR) is 118 cm³/mol. The van der Waals surface area contributed by atoms with Crippen LogP contribution in [0.25, 0.3) is 0 Å². The van der Waals surface area contributed by atoms with Crippen molar-refractivity contribution in [2.24, 2.45) is 10.2 Å². The average molecular weight is 420 g/mol. The molecule has 0 spiro atoms. The maximum absolute atomic E-state index is 14.5. The molecule has 3 aromatic carbocycles. The maximum atomic E-state index is 14.5. The van der Waals surface area contributed by atoms with E-state index in [0.717, 1.165) is 44.0 Å². The molecule has 0 atom stereocenters. The van der Waals surface area contributed by atoms with Crippen LogP contribution in [0.1, 0.15) is 17.2 Å². The maximum Gasteiger partial charge on any atom is 0.167 e. The Hall–Kier alpha value is -3.09. The van der Waals surface area contributed by atoms with E-state index in [1.807, 2.05) is 60.7 Å². The molecular weight excluding hydrogens is 393 g/mol. The van der Waals surface area contributed by atoms with Crippen molar-refractivity contribution >= 4 is 5.69 Å². The Labute approximate surface area is 182 Å². The quantitative estimate of drug-likeness (QED) is 0.459. The van der Waals surface area contributed by atoms with Crippen LogP contribution in [0.5, 0.6) is 5.75 Å². The van der Waals surface area contributed by atoms with Gasteiger partial charge in [-0.05, 0) is 23.3 Å². The molecule has 1 aliphatic heterocycles. The van der Waals surface area contributed by atoms with Crippen LogP contribution in [0.3, 0.4) is 0 Å². The van der Waals surface area contributed by atoms with Gasteiger partial charge in [-0.1, -0.05) is 60.7 Å². The van der Waals surface area contributed by atoms with Crippen LogP contribution >= 0.6 is 0 Å². The van der Waals surface area contributed by atoms with Crippen molar-refractivity contribution in [3.8, 4) is 5.75 Å². The van der Waals surface area contributed by atoms with Crippen LogP contribution in [0, 0.1) is 5.82 Å². The van der Waals surface area contributed by atoms with Crippen molar-refractivity contribution in [3.63, 3.8) is 0 Å². The van der Waals surface area contributed by atoms with Gasteiger partial charge in [-0.2, -0.15) is 10.2 Å². The lowest BCUT2D eigenvalue weighted by Gasteiger charge is -2.26. The second-order valence-electron chi connectivity index (χ2n) is 7.36. The molecule has 6 heteroatoms. The number of azo groups is 1. The summed E-state index contributed by atoms with van der Waals surface area (Å²) in [5.74, 6) is -0.204. The van der Waals surface area contributed by atoms with Crippen molar-refractivity contribution in [1.29, 1.82) is 0 Å². The Bertz CT molecular complexity index is 937. The number of hydrogen-bond acceptors (Lipinski definition) is 5. The first kappa shape index (κ1) is 21.2. The molecule has 160 valence electrons. The lowest BCUT2D eigenvalue weighted by atomic mass is 10.00. The molecule has 0 saturated carbocycles. The standard InChI is InChI=1S/C25H26FN3O2/c26-23-19-22(11-12-24(23)31-18-15-29-13-16-30-17-14-29)27-28-25(20-7-3-1-4-8-20)21-9-5-2-6-10-21/h1-12,19,25H,13-18H2. The molecule has 1 saturated heterocycles. The minimum atomic E-state index is -0.436. The van der Waals surface area contributed by atoms with Gasteiger partial charge >= 0.3 is 0 Å². The molecule has 4 rings (SSSR count). The molecule has 0 N–H and O–H groups in total. The third kappa shape index (κ3) is 5.96. The fourth-order valence-corrected chi connectivity index (χ4v) is 3.50. The number of rotatable bonds is 8. The molecule has 1 heterocycles. The molecule has 0 unspecified atom stereocenters. The molecule has 1 aliphatic rings. The monoisotopic (exact) mass is 419 g/mol. The third-order valence-corrected chi connectivity index (χ3v) is 5.20. The average Bonchev–Trinajstić information content (AvgIpc) is 2.83. The normalized spacial score (nSPS) is 14.9. The molecule has 0 aromatic heterocycles. The summed E-state index contributed by atoms with van der Waals surface area (Å²) in [4.78, 5) is 2.25. The highest BCUT2D eigenvalue weighted by atomic mass is 19.1. The van der Waals surface area contributed by atoms with Crippen LogP contribution in [0.15, 0.2) is 89.1 Å². The fourth-order valence-electron chi connectivity index (χ4n) is 3.50. The molecule has 0 radical (unpaired) electrons. The summed E-state index contributed by atoms with van der Waals surface area (Å²) in [5, 5.41) is 8.85. The van der Waals surface area contributed by atoms with Crippen LogP contribution in [0.4, 0.5) is 10.1 Å². The fraction of sp³-hybridized carbons (Fsp3) is 0.280. The highest BCUT2D eigenvalue weighted by Gasteiger charge is 2.14. The zero-order chi connectivity index (χ0) is 21.3. The Kier molecular flexibility index (Phi) is 7.37. The van der Waals surface area contributed by atoms with Gasteiger partial charge in [-0.3, -0.25) is 4.90 Å². The van der Waals surface area contributed by atoms with Gasteiger partial charge in [0.15, 0.2) is 11.6 Å². The highest BCUT2D eigenvalue weighted by molar-refractivity contribution is 5.42. The second kappa shape index (κ2) is 10.8. The van der Waals surface area contributed by atoms with Gasteiger partial charge in [0, 0.05) is 25.7 Å². The zero-order valence-electron chi connectivity index (χ0n) is 17.4. The van der Waals surface area contributed by atoms with E-state index in [0.29, 0.717) is 12.3 Å². The molecule has 31 heavy (non-hydrogen) atoms. The van der Waals surface area contributed by atoms with Gasteiger partial charge in [-0.25, -0.2) is 4.39 Å². The minimum Gasteiger partial charge on any atom is -0.489 e. The van der Waals surface area contributed by atoms with E-state index in [9.17, 15) is 4.39 Å². The minimum absolute atomic E-state index is 0.231. The van der Waals surface area contributed by atoms with E-state index in [1.54, 1.807) is 12.1 Å². The van der Waals surface area contributed by atoms with Crippen molar-refractivity contribution in [1.82, 2.24) is 4.90 Å². The molecule has 0 bridgehead atoms. The van der Waals surface area contributed by atoms with Gasteiger partial charge in [-0.15, -0.1) is 0 Å². The van der Waals surface area contributed by atoms with E-state index in [1.165, 1.54) is 6.07 Å². The van der Waals surface area contributed by atoms with E-state index in [4.69, 9.17) is 9.47 Å². The summed E-state index contributed by atoms with van der Waals surface area (Å²) >= 11 is 0. The number of ether oxygens (including phenoxy) is 2. The summed E-state index contributed by atoms with van der Waals surface area (Å²) < 4.78 is 25.5. The van der Waals surface area contributed by atoms with Crippen LogP contribution in [-0.2, 0) is 4.74 Å². The lowest BCUT2D eigenvalue weighted by Crippen LogP contribution is -2.38. The summed E-state index contributed by atoms with van der Waals surface area (Å²) in [7, 11) is 0. The van der Waals surface area contributed by atoms with Gasteiger partial charge in [0.05, 0.1) is 18.9 Å². The van der Waals surface area contributed by atoms with E-state index in [-0.39, 0.29) is 11.8 Å². The number of nitrogens with zero attached hydrogens (tertiary/aromatic N) is 3. The Balaban J connectivity index is 1.43. The highest BCUT2D eigenvalue weighted by Crippen LogP contribution is 2.29. The van der Waals surface area contributed by atoms with E-state index in [2.05, 4.69) is 15.1 Å². The van der Waals surface area contributed by atoms with E-state index < -0.39 is 5.82 Å². The van der Waals surface area contributed by atoms with Crippen molar-refractivity contribution < 1.29 is 13.9 Å². The molecule has 0 aliphatic carbocycles. The molecule has 1 fully saturated rings. The molecule has 3 aromatic rings. The molecule has 5 nitrogen and oxygen atoms in total. The van der Waals surface area contributed by atoms with Crippen molar-refractivity contribution in [2.45, 2.75) is 6.04 Å². The first-order chi connectivity index (χ1) is 15.3. The Morgan fingerprint density at radius 2 is 1.55 bits per heavy atom. The largest absolute Gasteiger partial charge is 0.489 e. The third-order valence-electron chi connectivity index (χ3n) is 5.20. The van der Waals surface area contributed by atoms with Gasteiger partial charge in [0.2, 0.25) is 0 Å². The first-order valence-corrected chi connectivity index (χ1v) is 10.5. The van der Waals surface area contributed by atoms with Crippen LogP contribution in [-0.4, -0.2) is 44.4 Å². The van der Waals surface area contributed by atoms with Gasteiger partial charge < -0.3 is 9.47 Å². The predicted octanol–water partition coefficient (Wildman–Crippen LogP) is 5.41. The summed E-state index contributed by atoms with van der Waals surface area (Å²) in [6.45, 7) is 4.42. The van der Waals surface area contributed by atoms with Crippen LogP contribution in [0.2, 0.25) is 0 Å². The first-order valence-electron chi connectivity index (χ1n) is 10.5. The topological polar surface area (TPSA) is 46.4 Å². The molecular formula is C25H26FN3O2. The number of hydrogen-bond donors (Lipinski definition) is 0. The summed E-state index contributed by atoms with van der Waals surface area (Å²) in [5.41, 5.74) is 2.51.